The van der Waals surface area contributed by atoms with E-state index >= 15 is 0 Å². The van der Waals surface area contributed by atoms with Crippen LogP contribution in [-0.4, -0.2) is 4.98 Å². The third-order valence-corrected chi connectivity index (χ3v) is 2.41. The standard InChI is InChI=1S/C10H5BrF3N/c11-8-4-6-3-7(10(12,13)14)1-2-9(6)15-5-8/h1-5H. The molecule has 78 valence electrons. The van der Waals surface area contributed by atoms with E-state index in [2.05, 4.69) is 20.9 Å². The predicted molar refractivity (Wildman–Crippen MR) is 54.4 cm³/mol. The van der Waals surface area contributed by atoms with E-state index < -0.39 is 11.7 Å². The van der Waals surface area contributed by atoms with Gasteiger partial charge in [0, 0.05) is 16.1 Å². The largest absolute Gasteiger partial charge is 0.416 e. The molecular formula is C10H5BrF3N. The minimum absolute atomic E-state index is 0.471. The van der Waals surface area contributed by atoms with E-state index in [9.17, 15) is 13.2 Å². The number of hydrogen-bond donors (Lipinski definition) is 0. The fourth-order valence-corrected chi connectivity index (χ4v) is 1.63. The summed E-state index contributed by atoms with van der Waals surface area (Å²) in [5.74, 6) is 0. The first-order valence-electron chi connectivity index (χ1n) is 4.09. The molecule has 0 saturated heterocycles. The van der Waals surface area contributed by atoms with Gasteiger partial charge in [-0.15, -0.1) is 0 Å². The zero-order valence-corrected chi connectivity index (χ0v) is 8.93. The summed E-state index contributed by atoms with van der Waals surface area (Å²) >= 11 is 3.16. The Labute approximate surface area is 92.1 Å². The summed E-state index contributed by atoms with van der Waals surface area (Å²) < 4.78 is 37.8. The Hall–Kier alpha value is -1.10. The Morgan fingerprint density at radius 3 is 2.53 bits per heavy atom. The van der Waals surface area contributed by atoms with Gasteiger partial charge >= 0.3 is 6.18 Å². The molecule has 5 heteroatoms. The maximum absolute atomic E-state index is 12.4. The first-order chi connectivity index (χ1) is 6.97. The van der Waals surface area contributed by atoms with Crippen molar-refractivity contribution in [2.45, 2.75) is 6.18 Å². The molecule has 0 saturated carbocycles. The van der Waals surface area contributed by atoms with E-state index in [0.29, 0.717) is 15.4 Å². The molecule has 1 aromatic heterocycles. The zero-order valence-electron chi connectivity index (χ0n) is 7.35. The third-order valence-electron chi connectivity index (χ3n) is 1.98. The van der Waals surface area contributed by atoms with E-state index in [1.165, 1.54) is 6.07 Å². The van der Waals surface area contributed by atoms with Crippen molar-refractivity contribution in [3.63, 3.8) is 0 Å². The van der Waals surface area contributed by atoms with Gasteiger partial charge in [-0.25, -0.2) is 0 Å². The Balaban J connectivity index is 2.64. The van der Waals surface area contributed by atoms with E-state index in [-0.39, 0.29) is 0 Å². The van der Waals surface area contributed by atoms with Crippen molar-refractivity contribution >= 4 is 26.8 Å². The average molecular weight is 276 g/mol. The van der Waals surface area contributed by atoms with Gasteiger partial charge in [0.2, 0.25) is 0 Å². The van der Waals surface area contributed by atoms with Crippen molar-refractivity contribution in [1.29, 1.82) is 0 Å². The van der Waals surface area contributed by atoms with Crippen LogP contribution in [0.25, 0.3) is 10.9 Å². The Bertz CT molecular complexity index is 507. The molecule has 0 spiro atoms. The molecule has 0 radical (unpaired) electrons. The fraction of sp³-hybridized carbons (Fsp3) is 0.100. The molecular weight excluding hydrogens is 271 g/mol. The van der Waals surface area contributed by atoms with Gasteiger partial charge in [0.05, 0.1) is 11.1 Å². The molecule has 0 atom stereocenters. The number of fused-ring (bicyclic) bond motifs is 1. The minimum atomic E-state index is -4.31. The van der Waals surface area contributed by atoms with Crippen molar-refractivity contribution in [2.24, 2.45) is 0 Å². The number of nitrogens with zero attached hydrogens (tertiary/aromatic N) is 1. The summed E-state index contributed by atoms with van der Waals surface area (Å²) in [5.41, 5.74) is -0.110. The number of halogens is 4. The fourth-order valence-electron chi connectivity index (χ4n) is 1.28. The first-order valence-corrected chi connectivity index (χ1v) is 4.88. The van der Waals surface area contributed by atoms with E-state index in [4.69, 9.17) is 0 Å². The second-order valence-corrected chi connectivity index (χ2v) is 3.97. The second-order valence-electron chi connectivity index (χ2n) is 3.06. The summed E-state index contributed by atoms with van der Waals surface area (Å²) in [6.45, 7) is 0. The number of pyridine rings is 1. The summed E-state index contributed by atoms with van der Waals surface area (Å²) in [7, 11) is 0. The molecule has 0 aliphatic carbocycles. The molecule has 0 unspecified atom stereocenters. The number of hydrogen-bond acceptors (Lipinski definition) is 1. The van der Waals surface area contributed by atoms with Crippen LogP contribution in [0.1, 0.15) is 5.56 Å². The van der Waals surface area contributed by atoms with Crippen LogP contribution in [-0.2, 0) is 6.18 Å². The normalized spacial score (nSPS) is 12.0. The van der Waals surface area contributed by atoms with Gasteiger partial charge in [-0.05, 0) is 40.2 Å². The average Bonchev–Trinajstić information content (AvgIpc) is 2.15. The van der Waals surface area contributed by atoms with Crippen molar-refractivity contribution in [1.82, 2.24) is 4.98 Å². The number of rotatable bonds is 0. The van der Waals surface area contributed by atoms with Crippen molar-refractivity contribution in [3.8, 4) is 0 Å². The topological polar surface area (TPSA) is 12.9 Å². The third kappa shape index (κ3) is 2.12. The minimum Gasteiger partial charge on any atom is -0.255 e. The second kappa shape index (κ2) is 3.48. The lowest BCUT2D eigenvalue weighted by Crippen LogP contribution is -2.04. The van der Waals surface area contributed by atoms with E-state index in [1.807, 2.05) is 0 Å². The molecule has 0 fully saturated rings. The highest BCUT2D eigenvalue weighted by atomic mass is 79.9. The van der Waals surface area contributed by atoms with E-state index in [1.54, 1.807) is 12.3 Å². The van der Waals surface area contributed by atoms with Gasteiger partial charge in [-0.2, -0.15) is 13.2 Å². The van der Waals surface area contributed by atoms with Crippen LogP contribution in [0.5, 0.6) is 0 Å². The van der Waals surface area contributed by atoms with Gasteiger partial charge in [0.1, 0.15) is 0 Å². The predicted octanol–water partition coefficient (Wildman–Crippen LogP) is 4.02. The summed E-state index contributed by atoms with van der Waals surface area (Å²) in [6, 6.07) is 5.10. The number of benzene rings is 1. The van der Waals surface area contributed by atoms with Crippen molar-refractivity contribution < 1.29 is 13.2 Å². The Morgan fingerprint density at radius 1 is 1.13 bits per heavy atom. The van der Waals surface area contributed by atoms with Gasteiger partial charge in [0.25, 0.3) is 0 Å². The number of aromatic nitrogens is 1. The van der Waals surface area contributed by atoms with E-state index in [0.717, 1.165) is 12.1 Å². The van der Waals surface area contributed by atoms with Gasteiger partial charge in [0.15, 0.2) is 0 Å². The summed E-state index contributed by atoms with van der Waals surface area (Å²) in [6.07, 6.45) is -2.76. The zero-order chi connectivity index (χ0) is 11.1. The lowest BCUT2D eigenvalue weighted by atomic mass is 10.1. The quantitative estimate of drug-likeness (QED) is 0.708. The molecule has 0 aliphatic rings. The molecule has 0 amide bonds. The van der Waals surface area contributed by atoms with Gasteiger partial charge < -0.3 is 0 Å². The molecule has 0 N–H and O–H groups in total. The smallest absolute Gasteiger partial charge is 0.255 e. The lowest BCUT2D eigenvalue weighted by molar-refractivity contribution is -0.137. The maximum atomic E-state index is 12.4. The van der Waals surface area contributed by atoms with Crippen LogP contribution in [0.2, 0.25) is 0 Å². The van der Waals surface area contributed by atoms with Crippen LogP contribution in [0.4, 0.5) is 13.2 Å². The highest BCUT2D eigenvalue weighted by Gasteiger charge is 2.30. The molecule has 15 heavy (non-hydrogen) atoms. The van der Waals surface area contributed by atoms with Crippen LogP contribution in [0, 0.1) is 0 Å². The Kier molecular flexibility index (Phi) is 2.42. The van der Waals surface area contributed by atoms with Gasteiger partial charge in [-0.1, -0.05) is 0 Å². The van der Waals surface area contributed by atoms with Crippen LogP contribution in [0.15, 0.2) is 34.9 Å². The van der Waals surface area contributed by atoms with Crippen LogP contribution >= 0.6 is 15.9 Å². The highest BCUT2D eigenvalue weighted by Crippen LogP contribution is 2.31. The summed E-state index contributed by atoms with van der Waals surface area (Å²) in [4.78, 5) is 3.99. The molecule has 2 aromatic rings. The molecule has 0 aliphatic heterocycles. The number of alkyl halides is 3. The van der Waals surface area contributed by atoms with Crippen LogP contribution in [0.3, 0.4) is 0 Å². The van der Waals surface area contributed by atoms with Crippen LogP contribution < -0.4 is 0 Å². The molecule has 1 aromatic carbocycles. The highest BCUT2D eigenvalue weighted by molar-refractivity contribution is 9.10. The first kappa shape index (κ1) is 10.4. The molecule has 1 nitrogen and oxygen atoms in total. The lowest BCUT2D eigenvalue weighted by Gasteiger charge is -2.07. The molecule has 0 bridgehead atoms. The van der Waals surface area contributed by atoms with Crippen molar-refractivity contribution in [2.75, 3.05) is 0 Å². The SMILES string of the molecule is FC(F)(F)c1ccc2ncc(Br)cc2c1. The molecule has 2 rings (SSSR count). The molecule has 1 heterocycles. The van der Waals surface area contributed by atoms with Gasteiger partial charge in [-0.3, -0.25) is 4.98 Å². The maximum Gasteiger partial charge on any atom is 0.416 e. The summed E-state index contributed by atoms with van der Waals surface area (Å²) in [5, 5.41) is 0.471. The van der Waals surface area contributed by atoms with Crippen molar-refractivity contribution in [3.05, 3.63) is 40.5 Å². The Morgan fingerprint density at radius 2 is 1.87 bits per heavy atom. The monoisotopic (exact) mass is 275 g/mol.